The Bertz CT molecular complexity index is 689. The quantitative estimate of drug-likeness (QED) is 0.805. The molecule has 148 valence electrons. The number of benzene rings is 1. The van der Waals surface area contributed by atoms with E-state index in [4.69, 9.17) is 0 Å². The van der Waals surface area contributed by atoms with E-state index in [2.05, 4.69) is 10.6 Å². The summed E-state index contributed by atoms with van der Waals surface area (Å²) in [6.45, 7) is 1.64. The Kier molecular flexibility index (Phi) is 6.01. The lowest BCUT2D eigenvalue weighted by Gasteiger charge is -2.35. The number of nitrogens with zero attached hydrogens (tertiary/aromatic N) is 2. The van der Waals surface area contributed by atoms with Gasteiger partial charge >= 0.3 is 6.18 Å². The SMILES string of the molecule is O=C(NCC(N1CCNCC1)C(F)(F)F)c1cccc(N2CCCC2=O)c1. The zero-order chi connectivity index (χ0) is 19.4. The number of carbonyl (C=O) groups excluding carboxylic acids is 2. The molecule has 1 aromatic rings. The highest BCUT2D eigenvalue weighted by Gasteiger charge is 2.43. The fraction of sp³-hybridized carbons (Fsp3) is 0.556. The van der Waals surface area contributed by atoms with E-state index >= 15 is 0 Å². The molecule has 9 heteroatoms. The Morgan fingerprint density at radius 1 is 1.22 bits per heavy atom. The van der Waals surface area contributed by atoms with Gasteiger partial charge in [0.1, 0.15) is 6.04 Å². The van der Waals surface area contributed by atoms with Crippen molar-refractivity contribution in [1.82, 2.24) is 15.5 Å². The summed E-state index contributed by atoms with van der Waals surface area (Å²) in [7, 11) is 0. The van der Waals surface area contributed by atoms with Crippen molar-refractivity contribution in [3.63, 3.8) is 0 Å². The molecule has 0 saturated carbocycles. The summed E-state index contributed by atoms with van der Waals surface area (Å²) in [5.41, 5.74) is 0.841. The molecule has 0 aromatic heterocycles. The number of anilines is 1. The third-order valence-corrected chi connectivity index (χ3v) is 4.92. The van der Waals surface area contributed by atoms with E-state index in [9.17, 15) is 22.8 Å². The molecule has 2 N–H and O–H groups in total. The number of nitrogens with one attached hydrogen (secondary N) is 2. The molecule has 0 spiro atoms. The minimum absolute atomic E-state index is 0.0107. The molecule has 0 radical (unpaired) electrons. The maximum absolute atomic E-state index is 13.4. The standard InChI is InChI=1S/C18H23F3N4O2/c19-18(20,21)15(24-9-6-22-7-10-24)12-23-17(27)13-3-1-4-14(11-13)25-8-2-5-16(25)26/h1,3-4,11,15,22H,2,5-10,12H2,(H,23,27). The van der Waals surface area contributed by atoms with Crippen LogP contribution in [0.3, 0.4) is 0 Å². The maximum atomic E-state index is 13.4. The predicted molar refractivity (Wildman–Crippen MR) is 94.6 cm³/mol. The van der Waals surface area contributed by atoms with Gasteiger partial charge in [-0.1, -0.05) is 6.07 Å². The summed E-state index contributed by atoms with van der Waals surface area (Å²) in [6, 6.07) is 4.72. The summed E-state index contributed by atoms with van der Waals surface area (Å²) >= 11 is 0. The molecule has 2 amide bonds. The second-order valence-corrected chi connectivity index (χ2v) is 6.75. The van der Waals surface area contributed by atoms with E-state index in [-0.39, 0.29) is 24.6 Å². The first-order valence-electron chi connectivity index (χ1n) is 9.06. The molecule has 2 heterocycles. The van der Waals surface area contributed by atoms with Crippen molar-refractivity contribution in [2.75, 3.05) is 44.2 Å². The van der Waals surface area contributed by atoms with Gasteiger partial charge in [0, 0.05) is 56.9 Å². The fourth-order valence-corrected chi connectivity index (χ4v) is 3.47. The van der Waals surface area contributed by atoms with Crippen LogP contribution in [0.1, 0.15) is 23.2 Å². The number of rotatable bonds is 5. The Balaban J connectivity index is 1.66. The number of halogens is 3. The van der Waals surface area contributed by atoms with Gasteiger partial charge in [0.15, 0.2) is 0 Å². The molecule has 3 rings (SSSR count). The molecule has 27 heavy (non-hydrogen) atoms. The Labute approximate surface area is 155 Å². The summed E-state index contributed by atoms with van der Waals surface area (Å²) in [5.74, 6) is -0.587. The molecule has 2 fully saturated rings. The van der Waals surface area contributed by atoms with E-state index < -0.39 is 24.7 Å². The number of piperazine rings is 1. The molecule has 0 bridgehead atoms. The van der Waals surface area contributed by atoms with Gasteiger partial charge < -0.3 is 15.5 Å². The van der Waals surface area contributed by atoms with Gasteiger partial charge in [0.05, 0.1) is 0 Å². The lowest BCUT2D eigenvalue weighted by atomic mass is 10.1. The van der Waals surface area contributed by atoms with Crippen molar-refractivity contribution >= 4 is 17.5 Å². The number of amides is 2. The average Bonchev–Trinajstić information content (AvgIpc) is 3.07. The van der Waals surface area contributed by atoms with Gasteiger partial charge in [-0.25, -0.2) is 0 Å². The monoisotopic (exact) mass is 384 g/mol. The van der Waals surface area contributed by atoms with Gasteiger partial charge in [-0.3, -0.25) is 14.5 Å². The Morgan fingerprint density at radius 3 is 2.59 bits per heavy atom. The molecular formula is C18H23F3N4O2. The number of hydrogen-bond acceptors (Lipinski definition) is 4. The summed E-state index contributed by atoms with van der Waals surface area (Å²) in [6.07, 6.45) is -3.20. The first-order chi connectivity index (χ1) is 12.9. The van der Waals surface area contributed by atoms with Crippen molar-refractivity contribution in [3.8, 4) is 0 Å². The number of carbonyl (C=O) groups is 2. The topological polar surface area (TPSA) is 64.7 Å². The van der Waals surface area contributed by atoms with Crippen LogP contribution in [0.4, 0.5) is 18.9 Å². The van der Waals surface area contributed by atoms with Gasteiger partial charge in [-0.15, -0.1) is 0 Å². The first kappa shape index (κ1) is 19.6. The van der Waals surface area contributed by atoms with Crippen LogP contribution in [0.15, 0.2) is 24.3 Å². The first-order valence-corrected chi connectivity index (χ1v) is 9.06. The molecule has 0 aliphatic carbocycles. The minimum Gasteiger partial charge on any atom is -0.350 e. The third-order valence-electron chi connectivity index (χ3n) is 4.92. The Hall–Kier alpha value is -2.13. The molecular weight excluding hydrogens is 361 g/mol. The third kappa shape index (κ3) is 4.78. The van der Waals surface area contributed by atoms with Crippen LogP contribution in [0.25, 0.3) is 0 Å². The van der Waals surface area contributed by atoms with E-state index in [1.807, 2.05) is 0 Å². The second kappa shape index (κ2) is 8.26. The van der Waals surface area contributed by atoms with E-state index in [0.717, 1.165) is 6.42 Å². The molecule has 1 aromatic carbocycles. The lowest BCUT2D eigenvalue weighted by molar-refractivity contribution is -0.183. The van der Waals surface area contributed by atoms with Crippen LogP contribution in [0.5, 0.6) is 0 Å². The zero-order valence-corrected chi connectivity index (χ0v) is 14.9. The van der Waals surface area contributed by atoms with Crippen LogP contribution in [-0.2, 0) is 4.79 Å². The van der Waals surface area contributed by atoms with Crippen molar-refractivity contribution in [3.05, 3.63) is 29.8 Å². The molecule has 2 aliphatic heterocycles. The van der Waals surface area contributed by atoms with Crippen LogP contribution in [0.2, 0.25) is 0 Å². The van der Waals surface area contributed by atoms with Crippen molar-refractivity contribution in [2.24, 2.45) is 0 Å². The molecule has 1 unspecified atom stereocenters. The smallest absolute Gasteiger partial charge is 0.350 e. The molecule has 2 saturated heterocycles. The lowest BCUT2D eigenvalue weighted by Crippen LogP contribution is -2.57. The second-order valence-electron chi connectivity index (χ2n) is 6.75. The summed E-state index contributed by atoms with van der Waals surface area (Å²) < 4.78 is 40.2. The molecule has 6 nitrogen and oxygen atoms in total. The van der Waals surface area contributed by atoms with Crippen molar-refractivity contribution in [2.45, 2.75) is 25.1 Å². The highest BCUT2D eigenvalue weighted by molar-refractivity contribution is 5.99. The van der Waals surface area contributed by atoms with E-state index in [1.54, 1.807) is 23.1 Å². The minimum atomic E-state index is -4.42. The highest BCUT2D eigenvalue weighted by atomic mass is 19.4. The summed E-state index contributed by atoms with van der Waals surface area (Å²) in [4.78, 5) is 27.2. The van der Waals surface area contributed by atoms with Gasteiger partial charge in [0.2, 0.25) is 5.91 Å². The van der Waals surface area contributed by atoms with Gasteiger partial charge in [0.25, 0.3) is 5.91 Å². The van der Waals surface area contributed by atoms with Crippen LogP contribution < -0.4 is 15.5 Å². The van der Waals surface area contributed by atoms with E-state index in [1.165, 1.54) is 11.0 Å². The normalized spacial score (nSPS) is 20.0. The van der Waals surface area contributed by atoms with Crippen molar-refractivity contribution < 1.29 is 22.8 Å². The van der Waals surface area contributed by atoms with Crippen LogP contribution in [-0.4, -0.2) is 68.2 Å². The largest absolute Gasteiger partial charge is 0.405 e. The fourth-order valence-electron chi connectivity index (χ4n) is 3.47. The van der Waals surface area contributed by atoms with Crippen molar-refractivity contribution in [1.29, 1.82) is 0 Å². The average molecular weight is 384 g/mol. The van der Waals surface area contributed by atoms with Crippen LogP contribution >= 0.6 is 0 Å². The number of alkyl halides is 3. The predicted octanol–water partition coefficient (Wildman–Crippen LogP) is 1.38. The molecule has 2 aliphatic rings. The van der Waals surface area contributed by atoms with Gasteiger partial charge in [-0.05, 0) is 24.6 Å². The summed E-state index contributed by atoms with van der Waals surface area (Å²) in [5, 5.41) is 5.43. The van der Waals surface area contributed by atoms with Crippen LogP contribution in [0, 0.1) is 0 Å². The van der Waals surface area contributed by atoms with Gasteiger partial charge in [-0.2, -0.15) is 13.2 Å². The number of hydrogen-bond donors (Lipinski definition) is 2. The maximum Gasteiger partial charge on any atom is 0.405 e. The highest BCUT2D eigenvalue weighted by Crippen LogP contribution is 2.25. The Morgan fingerprint density at radius 2 is 1.96 bits per heavy atom. The van der Waals surface area contributed by atoms with E-state index in [0.29, 0.717) is 31.7 Å². The zero-order valence-electron chi connectivity index (χ0n) is 14.9. The molecule has 1 atom stereocenters.